The Morgan fingerprint density at radius 3 is 2.77 bits per heavy atom. The van der Waals surface area contributed by atoms with E-state index < -0.39 is 23.6 Å². The molecule has 0 bridgehead atoms. The van der Waals surface area contributed by atoms with Crippen LogP contribution >= 0.6 is 34.5 Å². The van der Waals surface area contributed by atoms with E-state index in [0.29, 0.717) is 66.6 Å². The molecule has 0 aliphatic carbocycles. The van der Waals surface area contributed by atoms with Gasteiger partial charge in [-0.15, -0.1) is 0 Å². The molecule has 13 heteroatoms. The third kappa shape index (κ3) is 5.72. The van der Waals surface area contributed by atoms with E-state index in [9.17, 15) is 19.1 Å². The molecule has 2 aliphatic heterocycles. The Labute approximate surface area is 238 Å². The van der Waals surface area contributed by atoms with Gasteiger partial charge in [-0.05, 0) is 45.4 Å². The van der Waals surface area contributed by atoms with Crippen LogP contribution < -0.4 is 10.1 Å². The van der Waals surface area contributed by atoms with Gasteiger partial charge in [0.25, 0.3) is 0 Å². The van der Waals surface area contributed by atoms with E-state index in [4.69, 9.17) is 32.7 Å². The monoisotopic (exact) mass is 596 g/mol. The van der Waals surface area contributed by atoms with Gasteiger partial charge in [0.2, 0.25) is 0 Å². The number of nitrogens with one attached hydrogen (secondary N) is 1. The number of thiazole rings is 1. The Balaban J connectivity index is 1.50. The molecule has 0 spiro atoms. The molecule has 0 unspecified atom stereocenters. The number of piperazine rings is 1. The van der Waals surface area contributed by atoms with Crippen LogP contribution in [0.15, 0.2) is 18.2 Å². The van der Waals surface area contributed by atoms with Crippen LogP contribution in [-0.4, -0.2) is 70.0 Å². The molecular formula is C26H27Cl2FN4O5S. The highest BCUT2D eigenvalue weighted by atomic mass is 35.5. The van der Waals surface area contributed by atoms with E-state index >= 15 is 0 Å². The smallest absolute Gasteiger partial charge is 0.413 e. The summed E-state index contributed by atoms with van der Waals surface area (Å²) in [6, 6.07) is 4.66. The Bertz CT molecular complexity index is 1460. The average Bonchev–Trinajstić information content (AvgIpc) is 3.24. The van der Waals surface area contributed by atoms with Crippen LogP contribution in [0.1, 0.15) is 32.8 Å². The van der Waals surface area contributed by atoms with Crippen molar-refractivity contribution in [1.29, 1.82) is 0 Å². The molecule has 3 heterocycles. The first-order valence-electron chi connectivity index (χ1n) is 12.4. The average molecular weight is 597 g/mol. The van der Waals surface area contributed by atoms with Crippen molar-refractivity contribution >= 4 is 62.1 Å². The standard InChI is InChI=1S/C26H27Cl2FN4O5S/c1-26(2,3)38-24(34)31-23-30-20-15(4-5-17(29)22(20)39-23)18-16(27)10-13-11-32-7-8-33(25(35)36)12-14(32)6-9-37-21(13)19(18)28/h4-5,10,14H,6-9,11-12H2,1-3H3,(H,35,36)(H,30,31,34)/t14-/m1/s1. The van der Waals surface area contributed by atoms with Crippen molar-refractivity contribution in [1.82, 2.24) is 14.8 Å². The van der Waals surface area contributed by atoms with Crippen LogP contribution in [0, 0.1) is 5.82 Å². The first-order valence-corrected chi connectivity index (χ1v) is 13.9. The van der Waals surface area contributed by atoms with Crippen molar-refractivity contribution in [3.8, 4) is 16.9 Å². The van der Waals surface area contributed by atoms with Gasteiger partial charge >= 0.3 is 12.2 Å². The fourth-order valence-corrected chi connectivity index (χ4v) is 6.50. The molecule has 3 aromatic rings. The summed E-state index contributed by atoms with van der Waals surface area (Å²) in [5, 5.41) is 12.8. The van der Waals surface area contributed by atoms with Crippen molar-refractivity contribution in [3.63, 3.8) is 0 Å². The summed E-state index contributed by atoms with van der Waals surface area (Å²) < 4.78 is 26.4. The van der Waals surface area contributed by atoms with Gasteiger partial charge in [0.15, 0.2) is 5.13 Å². The van der Waals surface area contributed by atoms with Crippen molar-refractivity contribution in [2.24, 2.45) is 0 Å². The SMILES string of the molecule is CC(C)(C)OC(=O)Nc1nc2c(-c3c(Cl)cc4c(c3Cl)OCC[C@@H]3CN(C(=O)O)CCN3C4)ccc(F)c2s1. The number of carboxylic acid groups (broad SMARTS) is 1. The van der Waals surface area contributed by atoms with E-state index in [1.165, 1.54) is 11.0 Å². The van der Waals surface area contributed by atoms with Crippen LogP contribution in [0.25, 0.3) is 21.3 Å². The number of hydrogen-bond acceptors (Lipinski definition) is 7. The van der Waals surface area contributed by atoms with Crippen molar-refractivity contribution < 1.29 is 28.6 Å². The van der Waals surface area contributed by atoms with E-state index in [-0.39, 0.29) is 20.9 Å². The zero-order valence-corrected chi connectivity index (χ0v) is 23.8. The summed E-state index contributed by atoms with van der Waals surface area (Å²) in [6.45, 7) is 7.46. The van der Waals surface area contributed by atoms with Crippen LogP contribution in [0.3, 0.4) is 0 Å². The van der Waals surface area contributed by atoms with Gasteiger partial charge in [0.1, 0.15) is 17.2 Å². The number of anilines is 1. The molecule has 208 valence electrons. The van der Waals surface area contributed by atoms with Gasteiger partial charge < -0.3 is 19.5 Å². The third-order valence-corrected chi connectivity index (χ3v) is 8.21. The molecule has 1 saturated heterocycles. The number of benzene rings is 2. The number of carbonyl (C=O) groups is 2. The molecule has 2 aromatic carbocycles. The van der Waals surface area contributed by atoms with Gasteiger partial charge in [-0.1, -0.05) is 34.5 Å². The van der Waals surface area contributed by atoms with Crippen molar-refractivity contribution in [3.05, 3.63) is 39.6 Å². The maximum absolute atomic E-state index is 14.8. The Morgan fingerprint density at radius 2 is 2.05 bits per heavy atom. The highest BCUT2D eigenvalue weighted by Crippen LogP contribution is 2.47. The van der Waals surface area contributed by atoms with Crippen LogP contribution in [0.2, 0.25) is 10.0 Å². The summed E-state index contributed by atoms with van der Waals surface area (Å²) in [6.07, 6.45) is -0.994. The molecule has 5 rings (SSSR count). The highest BCUT2D eigenvalue weighted by molar-refractivity contribution is 7.22. The molecule has 1 atom stereocenters. The second kappa shape index (κ2) is 10.6. The maximum atomic E-state index is 14.8. The lowest BCUT2D eigenvalue weighted by Crippen LogP contribution is -2.54. The van der Waals surface area contributed by atoms with Gasteiger partial charge in [-0.25, -0.2) is 19.0 Å². The van der Waals surface area contributed by atoms with Crippen LogP contribution in [0.4, 0.5) is 19.1 Å². The first-order chi connectivity index (χ1) is 18.4. The van der Waals surface area contributed by atoms with Crippen LogP contribution in [0.5, 0.6) is 5.75 Å². The molecule has 9 nitrogen and oxygen atoms in total. The Morgan fingerprint density at radius 1 is 1.28 bits per heavy atom. The van der Waals surface area contributed by atoms with E-state index in [1.807, 2.05) is 0 Å². The second-order valence-electron chi connectivity index (χ2n) is 10.4. The summed E-state index contributed by atoms with van der Waals surface area (Å²) in [7, 11) is 0. The minimum Gasteiger partial charge on any atom is -0.492 e. The molecule has 2 amide bonds. The lowest BCUT2D eigenvalue weighted by Gasteiger charge is -2.41. The van der Waals surface area contributed by atoms with E-state index in [0.717, 1.165) is 16.9 Å². The van der Waals surface area contributed by atoms with Gasteiger partial charge in [-0.2, -0.15) is 0 Å². The summed E-state index contributed by atoms with van der Waals surface area (Å²) in [5.74, 6) is -0.0141. The number of fused-ring (bicyclic) bond motifs is 3. The second-order valence-corrected chi connectivity index (χ2v) is 12.2. The van der Waals surface area contributed by atoms with Gasteiger partial charge in [0.05, 0.1) is 26.9 Å². The lowest BCUT2D eigenvalue weighted by atomic mass is 9.99. The highest BCUT2D eigenvalue weighted by Gasteiger charge is 2.33. The summed E-state index contributed by atoms with van der Waals surface area (Å²) in [4.78, 5) is 31.8. The predicted octanol–water partition coefficient (Wildman–Crippen LogP) is 6.70. The number of carbonyl (C=O) groups excluding carboxylic acids is 1. The molecule has 39 heavy (non-hydrogen) atoms. The molecule has 2 aliphatic rings. The minimum absolute atomic E-state index is 0.0165. The number of halogens is 3. The maximum Gasteiger partial charge on any atom is 0.413 e. The largest absolute Gasteiger partial charge is 0.492 e. The number of nitrogens with zero attached hydrogens (tertiary/aromatic N) is 3. The van der Waals surface area contributed by atoms with Gasteiger partial charge in [0, 0.05) is 48.9 Å². The molecular weight excluding hydrogens is 570 g/mol. The Hall–Kier alpha value is -2.86. The summed E-state index contributed by atoms with van der Waals surface area (Å²) >= 11 is 14.7. The summed E-state index contributed by atoms with van der Waals surface area (Å²) in [5.41, 5.74) is 1.32. The molecule has 1 fully saturated rings. The number of aromatic nitrogens is 1. The van der Waals surface area contributed by atoms with Crippen molar-refractivity contribution in [2.45, 2.75) is 45.4 Å². The van der Waals surface area contributed by atoms with Gasteiger partial charge in [-0.3, -0.25) is 10.2 Å². The van der Waals surface area contributed by atoms with Crippen LogP contribution in [-0.2, 0) is 11.3 Å². The molecule has 1 aromatic heterocycles. The lowest BCUT2D eigenvalue weighted by molar-refractivity contribution is 0.0489. The normalized spacial score (nSPS) is 18.0. The number of amides is 2. The zero-order chi connectivity index (χ0) is 28.1. The van der Waals surface area contributed by atoms with Crippen molar-refractivity contribution in [2.75, 3.05) is 31.6 Å². The van der Waals surface area contributed by atoms with E-state index in [1.54, 1.807) is 32.9 Å². The molecule has 2 N–H and O–H groups in total. The predicted molar refractivity (Wildman–Crippen MR) is 149 cm³/mol. The fourth-order valence-electron chi connectivity index (χ4n) is 4.86. The third-order valence-electron chi connectivity index (χ3n) is 6.57. The minimum atomic E-state index is -0.925. The quantitative estimate of drug-likeness (QED) is 0.339. The van der Waals surface area contributed by atoms with E-state index in [2.05, 4.69) is 15.2 Å². The first kappa shape index (κ1) is 27.7. The topological polar surface area (TPSA) is 104 Å². The molecule has 0 saturated carbocycles. The Kier molecular flexibility index (Phi) is 7.53. The number of hydrogen-bond donors (Lipinski definition) is 2. The zero-order valence-electron chi connectivity index (χ0n) is 21.5. The number of rotatable bonds is 2. The number of ether oxygens (including phenoxy) is 2. The molecule has 0 radical (unpaired) electrons. The fraction of sp³-hybridized carbons (Fsp3) is 0.423.